The van der Waals surface area contributed by atoms with Crippen molar-refractivity contribution in [3.63, 3.8) is 0 Å². The summed E-state index contributed by atoms with van der Waals surface area (Å²) < 4.78 is 0. The number of anilines is 1. The number of halogens is 2. The zero-order chi connectivity index (χ0) is 15.5. The Morgan fingerprint density at radius 1 is 1.23 bits per heavy atom. The van der Waals surface area contributed by atoms with E-state index >= 15 is 0 Å². The molecular formula is C14H10Cl2N4O2. The van der Waals surface area contributed by atoms with Gasteiger partial charge in [-0.25, -0.2) is 0 Å². The van der Waals surface area contributed by atoms with Crippen LogP contribution in [0.25, 0.3) is 11.0 Å². The summed E-state index contributed by atoms with van der Waals surface area (Å²) >= 11 is 11.9. The van der Waals surface area contributed by atoms with E-state index in [1.807, 2.05) is 0 Å². The summed E-state index contributed by atoms with van der Waals surface area (Å²) in [5, 5.41) is 11.4. The van der Waals surface area contributed by atoms with E-state index < -0.39 is 0 Å². The fourth-order valence-corrected chi connectivity index (χ4v) is 2.18. The second-order valence-electron chi connectivity index (χ2n) is 4.40. The van der Waals surface area contributed by atoms with Crippen LogP contribution in [-0.2, 0) is 4.79 Å². The average molecular weight is 337 g/mol. The first-order valence-electron chi connectivity index (χ1n) is 6.32. The van der Waals surface area contributed by atoms with Gasteiger partial charge >= 0.3 is 0 Å². The van der Waals surface area contributed by atoms with Gasteiger partial charge < -0.3 is 10.2 Å². The van der Waals surface area contributed by atoms with Gasteiger partial charge in [0.25, 0.3) is 5.91 Å². The van der Waals surface area contributed by atoms with Gasteiger partial charge in [0.15, 0.2) is 6.61 Å². The van der Waals surface area contributed by atoms with Gasteiger partial charge in [-0.3, -0.25) is 4.79 Å². The molecule has 0 unspecified atom stereocenters. The molecule has 0 saturated heterocycles. The Kier molecular flexibility index (Phi) is 4.13. The number of fused-ring (bicyclic) bond motifs is 1. The second kappa shape index (κ2) is 6.21. The Morgan fingerprint density at radius 3 is 2.86 bits per heavy atom. The minimum Gasteiger partial charge on any atom is -0.385 e. The molecule has 0 aliphatic heterocycles. The van der Waals surface area contributed by atoms with E-state index in [0.29, 0.717) is 26.8 Å². The molecule has 2 aromatic carbocycles. The van der Waals surface area contributed by atoms with Crippen LogP contribution in [0.4, 0.5) is 5.69 Å². The number of hydrogen-bond acceptors (Lipinski definition) is 4. The summed E-state index contributed by atoms with van der Waals surface area (Å²) in [4.78, 5) is 18.4. The predicted octanol–water partition coefficient (Wildman–Crippen LogP) is 2.81. The van der Waals surface area contributed by atoms with E-state index in [1.54, 1.807) is 42.5 Å². The Bertz CT molecular complexity index is 835. The Morgan fingerprint density at radius 2 is 2.05 bits per heavy atom. The van der Waals surface area contributed by atoms with Crippen molar-refractivity contribution in [1.82, 2.24) is 15.2 Å². The number of rotatable bonds is 4. The maximum atomic E-state index is 11.9. The molecule has 8 heteroatoms. The van der Waals surface area contributed by atoms with Gasteiger partial charge in [0, 0.05) is 5.02 Å². The minimum atomic E-state index is -0.362. The van der Waals surface area contributed by atoms with Gasteiger partial charge in [-0.05, 0) is 35.5 Å². The number of benzene rings is 2. The first kappa shape index (κ1) is 14.6. The molecule has 3 rings (SSSR count). The quantitative estimate of drug-likeness (QED) is 0.795. The second-order valence-corrected chi connectivity index (χ2v) is 5.24. The zero-order valence-corrected chi connectivity index (χ0v) is 12.7. The summed E-state index contributed by atoms with van der Waals surface area (Å²) in [5.41, 5.74) is 1.72. The summed E-state index contributed by atoms with van der Waals surface area (Å²) in [6.45, 7) is -0.240. The molecule has 3 aromatic rings. The lowest BCUT2D eigenvalue weighted by molar-refractivity contribution is -0.121. The van der Waals surface area contributed by atoms with Crippen molar-refractivity contribution < 1.29 is 9.63 Å². The minimum absolute atomic E-state index is 0.240. The maximum Gasteiger partial charge on any atom is 0.265 e. The fourth-order valence-electron chi connectivity index (χ4n) is 1.84. The third-order valence-corrected chi connectivity index (χ3v) is 3.41. The van der Waals surface area contributed by atoms with Crippen LogP contribution in [0, 0.1) is 0 Å². The molecule has 22 heavy (non-hydrogen) atoms. The lowest BCUT2D eigenvalue weighted by Crippen LogP contribution is -2.26. The van der Waals surface area contributed by atoms with E-state index in [2.05, 4.69) is 15.6 Å². The largest absolute Gasteiger partial charge is 0.385 e. The lowest BCUT2D eigenvalue weighted by Gasteiger charge is -2.08. The summed E-state index contributed by atoms with van der Waals surface area (Å²) in [5.74, 6) is -0.362. The number of carbonyl (C=O) groups is 1. The smallest absolute Gasteiger partial charge is 0.265 e. The summed E-state index contributed by atoms with van der Waals surface area (Å²) in [6.07, 6.45) is 0. The van der Waals surface area contributed by atoms with E-state index in [1.165, 1.54) is 0 Å². The standard InChI is InChI=1S/C14H10Cl2N4O2/c15-9-5-6-12-13(7-9)20(19-18-12)22-8-14(21)17-11-4-2-1-3-10(11)16/h1-7H,8H2,(H,17,21). The number of carbonyl (C=O) groups excluding carboxylic acids is 1. The van der Waals surface area contributed by atoms with E-state index in [0.717, 1.165) is 4.85 Å². The molecule has 0 spiro atoms. The first-order valence-corrected chi connectivity index (χ1v) is 7.08. The molecule has 0 saturated carbocycles. The van der Waals surface area contributed by atoms with Crippen LogP contribution >= 0.6 is 23.2 Å². The number of para-hydroxylation sites is 1. The van der Waals surface area contributed by atoms with E-state index in [9.17, 15) is 4.79 Å². The maximum absolute atomic E-state index is 11.9. The fraction of sp³-hybridized carbons (Fsp3) is 0.0714. The van der Waals surface area contributed by atoms with Crippen molar-refractivity contribution in [3.05, 3.63) is 52.5 Å². The number of nitrogens with zero attached hydrogens (tertiary/aromatic N) is 3. The van der Waals surface area contributed by atoms with E-state index in [4.69, 9.17) is 28.0 Å². The number of nitrogens with one attached hydrogen (secondary N) is 1. The third kappa shape index (κ3) is 3.13. The third-order valence-electron chi connectivity index (χ3n) is 2.84. The van der Waals surface area contributed by atoms with Crippen molar-refractivity contribution in [2.75, 3.05) is 11.9 Å². The van der Waals surface area contributed by atoms with Gasteiger partial charge in [0.2, 0.25) is 0 Å². The molecule has 0 atom stereocenters. The highest BCUT2D eigenvalue weighted by Crippen LogP contribution is 2.20. The molecule has 0 aliphatic rings. The van der Waals surface area contributed by atoms with Gasteiger partial charge in [-0.1, -0.05) is 40.2 Å². The van der Waals surface area contributed by atoms with Crippen molar-refractivity contribution in [1.29, 1.82) is 0 Å². The molecule has 0 radical (unpaired) electrons. The lowest BCUT2D eigenvalue weighted by atomic mass is 10.3. The van der Waals surface area contributed by atoms with Crippen molar-refractivity contribution in [2.45, 2.75) is 0 Å². The highest BCUT2D eigenvalue weighted by atomic mass is 35.5. The molecule has 1 amide bonds. The molecular weight excluding hydrogens is 327 g/mol. The molecule has 0 fully saturated rings. The molecule has 1 N–H and O–H groups in total. The van der Waals surface area contributed by atoms with Crippen molar-refractivity contribution in [2.24, 2.45) is 0 Å². The van der Waals surface area contributed by atoms with Crippen LogP contribution in [0.15, 0.2) is 42.5 Å². The topological polar surface area (TPSA) is 69.0 Å². The van der Waals surface area contributed by atoms with Crippen LogP contribution in [0.3, 0.4) is 0 Å². The molecule has 1 heterocycles. The van der Waals surface area contributed by atoms with Crippen molar-refractivity contribution in [3.8, 4) is 0 Å². The van der Waals surface area contributed by atoms with Crippen LogP contribution in [0.2, 0.25) is 10.0 Å². The monoisotopic (exact) mass is 336 g/mol. The molecule has 0 aliphatic carbocycles. The van der Waals surface area contributed by atoms with Gasteiger partial charge in [0.1, 0.15) is 11.0 Å². The predicted molar refractivity (Wildman–Crippen MR) is 84.1 cm³/mol. The van der Waals surface area contributed by atoms with Crippen LogP contribution < -0.4 is 10.2 Å². The van der Waals surface area contributed by atoms with Gasteiger partial charge in [-0.2, -0.15) is 0 Å². The zero-order valence-electron chi connectivity index (χ0n) is 11.2. The van der Waals surface area contributed by atoms with Crippen LogP contribution in [0.1, 0.15) is 0 Å². The Labute approximate surface area is 135 Å². The Hall–Kier alpha value is -2.31. The number of hydrogen-bond donors (Lipinski definition) is 1. The van der Waals surface area contributed by atoms with Crippen molar-refractivity contribution >= 4 is 45.8 Å². The highest BCUT2D eigenvalue weighted by Gasteiger charge is 2.10. The van der Waals surface area contributed by atoms with Crippen LogP contribution in [0.5, 0.6) is 0 Å². The number of amides is 1. The van der Waals surface area contributed by atoms with E-state index in [-0.39, 0.29) is 12.5 Å². The highest BCUT2D eigenvalue weighted by molar-refractivity contribution is 6.33. The summed E-state index contributed by atoms with van der Waals surface area (Å²) in [7, 11) is 0. The molecule has 112 valence electrons. The van der Waals surface area contributed by atoms with Gasteiger partial charge in [0.05, 0.1) is 10.7 Å². The van der Waals surface area contributed by atoms with Gasteiger partial charge in [-0.15, -0.1) is 5.10 Å². The normalized spacial score (nSPS) is 10.6. The molecule has 0 bridgehead atoms. The Balaban J connectivity index is 1.68. The molecule has 6 nitrogen and oxygen atoms in total. The molecule has 1 aromatic heterocycles. The first-order chi connectivity index (χ1) is 10.6. The van der Waals surface area contributed by atoms with Crippen LogP contribution in [-0.4, -0.2) is 27.7 Å². The average Bonchev–Trinajstić information content (AvgIpc) is 2.90. The SMILES string of the molecule is O=C(COn1nnc2ccc(Cl)cc21)Nc1ccccc1Cl. The number of aromatic nitrogens is 3. The summed E-state index contributed by atoms with van der Waals surface area (Å²) in [6, 6.07) is 12.0.